The molecule has 0 aromatic carbocycles. The summed E-state index contributed by atoms with van der Waals surface area (Å²) in [5.74, 6) is 0.964. The van der Waals surface area contributed by atoms with Crippen molar-refractivity contribution in [1.82, 2.24) is 9.78 Å². The van der Waals surface area contributed by atoms with Gasteiger partial charge in [0.1, 0.15) is 0 Å². The van der Waals surface area contributed by atoms with Gasteiger partial charge in [0.15, 0.2) is 0 Å². The Morgan fingerprint density at radius 2 is 2.21 bits per heavy atom. The van der Waals surface area contributed by atoms with Crippen LogP contribution in [0, 0.1) is 11.3 Å². The van der Waals surface area contributed by atoms with Crippen LogP contribution < -0.4 is 5.73 Å². The summed E-state index contributed by atoms with van der Waals surface area (Å²) in [5.41, 5.74) is 7.55. The van der Waals surface area contributed by atoms with Crippen LogP contribution in [0.25, 0.3) is 0 Å². The molecule has 0 aliphatic heterocycles. The van der Waals surface area contributed by atoms with E-state index in [1.807, 2.05) is 0 Å². The molecule has 0 spiro atoms. The van der Waals surface area contributed by atoms with Gasteiger partial charge in [0.2, 0.25) is 0 Å². The van der Waals surface area contributed by atoms with Crippen LogP contribution in [0.5, 0.6) is 0 Å². The highest BCUT2D eigenvalue weighted by atomic mass is 35.5. The number of nitrogens with two attached hydrogens (primary N) is 1. The van der Waals surface area contributed by atoms with Gasteiger partial charge >= 0.3 is 0 Å². The quantitative estimate of drug-likeness (QED) is 0.912. The van der Waals surface area contributed by atoms with E-state index in [1.54, 1.807) is 6.20 Å². The minimum absolute atomic E-state index is 0.339. The fourth-order valence-electron chi connectivity index (χ4n) is 3.35. The third-order valence-corrected chi connectivity index (χ3v) is 4.75. The van der Waals surface area contributed by atoms with E-state index in [4.69, 9.17) is 17.3 Å². The van der Waals surface area contributed by atoms with Gasteiger partial charge in [-0.25, -0.2) is 0 Å². The van der Waals surface area contributed by atoms with Crippen LogP contribution in [-0.4, -0.2) is 16.3 Å². The maximum absolute atomic E-state index is 6.41. The lowest BCUT2D eigenvalue weighted by molar-refractivity contribution is 0.159. The monoisotopic (exact) mass is 283 g/mol. The summed E-state index contributed by atoms with van der Waals surface area (Å²) in [4.78, 5) is 0. The first-order valence-corrected chi connectivity index (χ1v) is 7.66. The molecular formula is C15H26ClN3. The molecule has 2 N–H and O–H groups in total. The summed E-state index contributed by atoms with van der Waals surface area (Å²) in [6, 6.07) is 0.339. The minimum atomic E-state index is 0.339. The number of rotatable bonds is 3. The normalized spacial score (nSPS) is 26.9. The Hall–Kier alpha value is -0.540. The van der Waals surface area contributed by atoms with E-state index >= 15 is 0 Å². The predicted molar refractivity (Wildman–Crippen MR) is 80.5 cm³/mol. The summed E-state index contributed by atoms with van der Waals surface area (Å²) in [5, 5.41) is 5.25. The van der Waals surface area contributed by atoms with Gasteiger partial charge in [-0.3, -0.25) is 4.68 Å². The average Bonchev–Trinajstić information content (AvgIpc) is 2.70. The minimum Gasteiger partial charge on any atom is -0.330 e. The molecule has 1 fully saturated rings. The maximum atomic E-state index is 6.41. The van der Waals surface area contributed by atoms with Crippen molar-refractivity contribution in [3.05, 3.63) is 16.9 Å². The molecule has 19 heavy (non-hydrogen) atoms. The van der Waals surface area contributed by atoms with E-state index in [9.17, 15) is 0 Å². The second-order valence-corrected chi connectivity index (χ2v) is 7.33. The zero-order chi connectivity index (χ0) is 14.2. The molecule has 108 valence electrons. The lowest BCUT2D eigenvalue weighted by Gasteiger charge is -2.41. The molecule has 3 nitrogen and oxygen atoms in total. The molecule has 2 unspecified atom stereocenters. The Balaban J connectivity index is 2.39. The van der Waals surface area contributed by atoms with Gasteiger partial charge in [-0.05, 0) is 51.0 Å². The zero-order valence-electron chi connectivity index (χ0n) is 12.5. The molecule has 0 saturated heterocycles. The number of halogens is 1. The fourth-order valence-corrected chi connectivity index (χ4v) is 3.62. The van der Waals surface area contributed by atoms with Gasteiger partial charge in [-0.15, -0.1) is 0 Å². The predicted octanol–water partition coefficient (Wildman–Crippen LogP) is 3.99. The summed E-state index contributed by atoms with van der Waals surface area (Å²) in [7, 11) is 0. The van der Waals surface area contributed by atoms with Crippen LogP contribution in [-0.2, 0) is 0 Å². The average molecular weight is 284 g/mol. The van der Waals surface area contributed by atoms with Gasteiger partial charge in [0.25, 0.3) is 0 Å². The Bertz CT molecular complexity index is 437. The molecule has 0 radical (unpaired) electrons. The molecule has 4 heteroatoms. The lowest BCUT2D eigenvalue weighted by Crippen LogP contribution is -2.34. The second kappa shape index (κ2) is 5.45. The van der Waals surface area contributed by atoms with E-state index in [0.29, 0.717) is 23.3 Å². The van der Waals surface area contributed by atoms with Crippen molar-refractivity contribution in [3.63, 3.8) is 0 Å². The molecule has 1 heterocycles. The first-order valence-electron chi connectivity index (χ1n) is 7.28. The molecule has 2 atom stereocenters. The molecular weight excluding hydrogens is 258 g/mol. The van der Waals surface area contributed by atoms with Crippen molar-refractivity contribution >= 4 is 11.6 Å². The van der Waals surface area contributed by atoms with Gasteiger partial charge in [-0.1, -0.05) is 25.4 Å². The molecule has 1 aromatic heterocycles. The fraction of sp³-hybridized carbons (Fsp3) is 0.800. The summed E-state index contributed by atoms with van der Waals surface area (Å²) in [6.45, 7) is 9.73. The number of nitrogens with zero attached hydrogens (tertiary/aromatic N) is 2. The summed E-state index contributed by atoms with van der Waals surface area (Å²) >= 11 is 6.41. The number of hydrogen-bond donors (Lipinski definition) is 1. The SMILES string of the molecule is CC(C)n1ncc(Cl)c1C1CC(C)(C)CCC1CN. The van der Waals surface area contributed by atoms with Crippen molar-refractivity contribution in [3.8, 4) is 0 Å². The largest absolute Gasteiger partial charge is 0.330 e. The van der Waals surface area contributed by atoms with E-state index in [0.717, 1.165) is 18.0 Å². The van der Waals surface area contributed by atoms with Crippen LogP contribution in [0.1, 0.15) is 64.6 Å². The van der Waals surface area contributed by atoms with Gasteiger partial charge < -0.3 is 5.73 Å². The summed E-state index contributed by atoms with van der Waals surface area (Å²) in [6.07, 6.45) is 5.37. The molecule has 0 bridgehead atoms. The Labute approximate surface area is 121 Å². The van der Waals surface area contributed by atoms with Crippen LogP contribution >= 0.6 is 11.6 Å². The number of hydrogen-bond acceptors (Lipinski definition) is 2. The van der Waals surface area contributed by atoms with E-state index in [1.165, 1.54) is 18.5 Å². The third kappa shape index (κ3) is 2.97. The third-order valence-electron chi connectivity index (χ3n) is 4.46. The van der Waals surface area contributed by atoms with Crippen LogP contribution in [0.3, 0.4) is 0 Å². The Morgan fingerprint density at radius 1 is 1.53 bits per heavy atom. The first-order chi connectivity index (χ1) is 8.85. The standard InChI is InChI=1S/C15H26ClN3/c1-10(2)19-14(13(16)9-18-19)12-7-15(3,4)6-5-11(12)8-17/h9-12H,5-8,17H2,1-4H3. The van der Waals surface area contributed by atoms with Crippen molar-refractivity contribution in [1.29, 1.82) is 0 Å². The van der Waals surface area contributed by atoms with E-state index < -0.39 is 0 Å². The molecule has 1 saturated carbocycles. The highest BCUT2D eigenvalue weighted by Gasteiger charge is 2.37. The molecule has 1 aliphatic rings. The molecule has 2 rings (SSSR count). The second-order valence-electron chi connectivity index (χ2n) is 6.93. The number of aromatic nitrogens is 2. The van der Waals surface area contributed by atoms with Crippen LogP contribution in [0.4, 0.5) is 0 Å². The van der Waals surface area contributed by atoms with Crippen molar-refractivity contribution in [2.24, 2.45) is 17.1 Å². The zero-order valence-corrected chi connectivity index (χ0v) is 13.2. The van der Waals surface area contributed by atoms with Gasteiger partial charge in [-0.2, -0.15) is 5.10 Å². The summed E-state index contributed by atoms with van der Waals surface area (Å²) < 4.78 is 2.08. The Kier molecular flexibility index (Phi) is 4.26. The van der Waals surface area contributed by atoms with Gasteiger partial charge in [0, 0.05) is 12.0 Å². The highest BCUT2D eigenvalue weighted by Crippen LogP contribution is 2.48. The molecule has 0 amide bonds. The maximum Gasteiger partial charge on any atom is 0.0820 e. The van der Waals surface area contributed by atoms with Crippen molar-refractivity contribution in [2.45, 2.75) is 58.9 Å². The molecule has 1 aliphatic carbocycles. The topological polar surface area (TPSA) is 43.8 Å². The molecule has 1 aromatic rings. The van der Waals surface area contributed by atoms with Crippen molar-refractivity contribution < 1.29 is 0 Å². The van der Waals surface area contributed by atoms with Gasteiger partial charge in [0.05, 0.1) is 16.9 Å². The lowest BCUT2D eigenvalue weighted by atomic mass is 9.66. The van der Waals surface area contributed by atoms with Crippen molar-refractivity contribution in [2.75, 3.05) is 6.54 Å². The highest BCUT2D eigenvalue weighted by molar-refractivity contribution is 6.31. The smallest absolute Gasteiger partial charge is 0.0820 e. The van der Waals surface area contributed by atoms with Crippen LogP contribution in [0.2, 0.25) is 5.02 Å². The Morgan fingerprint density at radius 3 is 2.79 bits per heavy atom. The van der Waals surface area contributed by atoms with E-state index in [-0.39, 0.29) is 0 Å². The van der Waals surface area contributed by atoms with E-state index in [2.05, 4.69) is 37.5 Å². The van der Waals surface area contributed by atoms with Crippen LogP contribution in [0.15, 0.2) is 6.20 Å². The first kappa shape index (κ1) is 14.9.